The molecule has 5 rings (SSSR count). The van der Waals surface area contributed by atoms with E-state index in [1.54, 1.807) is 0 Å². The lowest BCUT2D eigenvalue weighted by Gasteiger charge is -2.43. The van der Waals surface area contributed by atoms with Gasteiger partial charge in [-0.05, 0) is 66.9 Å². The Morgan fingerprint density at radius 1 is 1.24 bits per heavy atom. The third-order valence-electron chi connectivity index (χ3n) is 9.28. The molecule has 0 aromatic carbocycles. The smallest absolute Gasteiger partial charge is 0.165 e. The molecule has 5 aliphatic rings. The maximum absolute atomic E-state index is 13.2. The summed E-state index contributed by atoms with van der Waals surface area (Å²) in [5, 5.41) is 0. The summed E-state index contributed by atoms with van der Waals surface area (Å²) in [7, 11) is 0. The predicted octanol–water partition coefficient (Wildman–Crippen LogP) is 4.59. The van der Waals surface area contributed by atoms with Crippen molar-refractivity contribution >= 4 is 17.5 Å². The molecule has 2 nitrogen and oxygen atoms in total. The van der Waals surface area contributed by atoms with Gasteiger partial charge < -0.3 is 4.74 Å². The predicted molar refractivity (Wildman–Crippen MR) is 102 cm³/mol. The van der Waals surface area contributed by atoms with Crippen LogP contribution in [0.3, 0.4) is 0 Å². The topological polar surface area (TPSA) is 26.3 Å². The third kappa shape index (κ3) is 1.95. The summed E-state index contributed by atoms with van der Waals surface area (Å²) in [6.07, 6.45) is 12.1. The Balaban J connectivity index is 1.40. The van der Waals surface area contributed by atoms with Gasteiger partial charge >= 0.3 is 0 Å². The van der Waals surface area contributed by atoms with Crippen LogP contribution in [0.5, 0.6) is 0 Å². The highest BCUT2D eigenvalue weighted by atomic mass is 32.2. The molecular formula is C22H32O2S. The van der Waals surface area contributed by atoms with Gasteiger partial charge in [-0.25, -0.2) is 0 Å². The van der Waals surface area contributed by atoms with Gasteiger partial charge in [0, 0.05) is 17.1 Å². The Bertz CT molecular complexity index is 626. The summed E-state index contributed by atoms with van der Waals surface area (Å²) >= 11 is 1.97. The van der Waals surface area contributed by atoms with E-state index in [1.165, 1.54) is 31.4 Å². The first kappa shape index (κ1) is 16.9. The van der Waals surface area contributed by atoms with Crippen molar-refractivity contribution in [3.8, 4) is 0 Å². The summed E-state index contributed by atoms with van der Waals surface area (Å²) in [6.45, 7) is 7.22. The SMILES string of the molecule is CSC[C@@]12CC[C@@H](C[C@H]1O[C@H]1C(=O)[C@H]3[C@@H]([C@H]1C)[C@@H]1C=C[C@H]3C1)C2(C)C. The molecule has 0 heterocycles. The second-order valence-corrected chi connectivity index (χ2v) is 11.0. The Labute approximate surface area is 156 Å². The van der Waals surface area contributed by atoms with Crippen LogP contribution in [-0.2, 0) is 9.53 Å². The van der Waals surface area contributed by atoms with E-state index in [0.29, 0.717) is 34.9 Å². The molecule has 4 fully saturated rings. The summed E-state index contributed by atoms with van der Waals surface area (Å²) in [5.41, 5.74) is 0.619. The number of hydrogen-bond donors (Lipinski definition) is 0. The first-order valence-electron chi connectivity index (χ1n) is 10.3. The molecule has 4 bridgehead atoms. The minimum absolute atomic E-state index is 0.140. The lowest BCUT2D eigenvalue weighted by Crippen LogP contribution is -2.45. The molecule has 138 valence electrons. The van der Waals surface area contributed by atoms with E-state index in [0.717, 1.165) is 5.92 Å². The number of thioether (sulfide) groups is 1. The van der Waals surface area contributed by atoms with Gasteiger partial charge in [-0.1, -0.05) is 32.9 Å². The van der Waals surface area contributed by atoms with Crippen LogP contribution in [0.1, 0.15) is 46.5 Å². The number of rotatable bonds is 4. The number of allylic oxidation sites excluding steroid dienone is 2. The van der Waals surface area contributed by atoms with Crippen LogP contribution in [-0.4, -0.2) is 30.0 Å². The van der Waals surface area contributed by atoms with Crippen molar-refractivity contribution in [2.75, 3.05) is 12.0 Å². The summed E-state index contributed by atoms with van der Waals surface area (Å²) in [5.74, 6) is 4.74. The zero-order chi connectivity index (χ0) is 17.6. The van der Waals surface area contributed by atoms with Crippen LogP contribution in [0.2, 0.25) is 0 Å². The number of ketones is 1. The van der Waals surface area contributed by atoms with Crippen molar-refractivity contribution in [2.45, 2.75) is 58.7 Å². The fourth-order valence-electron chi connectivity index (χ4n) is 7.78. The van der Waals surface area contributed by atoms with Crippen LogP contribution in [0.25, 0.3) is 0 Å². The van der Waals surface area contributed by atoms with Gasteiger partial charge in [0.05, 0.1) is 6.10 Å². The number of carbonyl (C=O) groups is 1. The van der Waals surface area contributed by atoms with E-state index in [1.807, 2.05) is 11.8 Å². The second kappa shape index (κ2) is 5.38. The fraction of sp³-hybridized carbons (Fsp3) is 0.864. The quantitative estimate of drug-likeness (QED) is 0.686. The molecule has 0 unspecified atom stereocenters. The van der Waals surface area contributed by atoms with Crippen molar-refractivity contribution in [2.24, 2.45) is 46.3 Å². The maximum atomic E-state index is 13.2. The van der Waals surface area contributed by atoms with Gasteiger partial charge in [-0.2, -0.15) is 11.8 Å². The van der Waals surface area contributed by atoms with Crippen molar-refractivity contribution in [3.63, 3.8) is 0 Å². The van der Waals surface area contributed by atoms with Crippen LogP contribution >= 0.6 is 11.8 Å². The van der Waals surface area contributed by atoms with Gasteiger partial charge in [-0.3, -0.25) is 4.79 Å². The molecule has 0 saturated heterocycles. The van der Waals surface area contributed by atoms with Gasteiger partial charge in [0.25, 0.3) is 0 Å². The molecule has 0 spiro atoms. The summed E-state index contributed by atoms with van der Waals surface area (Å²) < 4.78 is 6.79. The standard InChI is InChI=1S/C22H32O2S/c1-12-17-13-5-6-14(9-13)18(17)19(23)20(12)24-16-10-15-7-8-22(16,11-25-4)21(15,2)3/h5-6,12-18,20H,7-11H2,1-4H3/t12-,13-,14+,15+,16-,17+,18-,20-,22+/m1/s1. The average molecular weight is 361 g/mol. The highest BCUT2D eigenvalue weighted by Gasteiger charge is 2.66. The molecule has 25 heavy (non-hydrogen) atoms. The zero-order valence-corrected chi connectivity index (χ0v) is 16.9. The minimum Gasteiger partial charge on any atom is -0.366 e. The Morgan fingerprint density at radius 2 is 2.00 bits per heavy atom. The fourth-order valence-corrected chi connectivity index (χ4v) is 9.00. The molecule has 5 aliphatic carbocycles. The Hall–Kier alpha value is -0.280. The molecule has 9 atom stereocenters. The van der Waals surface area contributed by atoms with Crippen molar-refractivity contribution in [1.82, 2.24) is 0 Å². The lowest BCUT2D eigenvalue weighted by molar-refractivity contribution is -0.144. The third-order valence-corrected chi connectivity index (χ3v) is 10.1. The second-order valence-electron chi connectivity index (χ2n) is 10.1. The monoisotopic (exact) mass is 360 g/mol. The minimum atomic E-state index is -0.140. The molecule has 0 aromatic rings. The normalized spacial score (nSPS) is 54.6. The molecule has 0 amide bonds. The largest absolute Gasteiger partial charge is 0.366 e. The molecule has 0 aromatic heterocycles. The number of hydrogen-bond acceptors (Lipinski definition) is 3. The Morgan fingerprint density at radius 3 is 2.68 bits per heavy atom. The summed E-state index contributed by atoms with van der Waals surface area (Å²) in [6, 6.07) is 0. The van der Waals surface area contributed by atoms with Crippen molar-refractivity contribution < 1.29 is 9.53 Å². The van der Waals surface area contributed by atoms with Crippen LogP contribution in [0.4, 0.5) is 0 Å². The first-order valence-corrected chi connectivity index (χ1v) is 11.7. The van der Waals surface area contributed by atoms with E-state index in [4.69, 9.17) is 4.74 Å². The zero-order valence-electron chi connectivity index (χ0n) is 16.0. The molecule has 0 N–H and O–H groups in total. The molecule has 0 aliphatic heterocycles. The van der Waals surface area contributed by atoms with E-state index < -0.39 is 0 Å². The molecular weight excluding hydrogens is 328 g/mol. The number of Topliss-reactive ketones (excluding diaryl/α,β-unsaturated/α-hetero) is 1. The van der Waals surface area contributed by atoms with E-state index in [9.17, 15) is 4.79 Å². The van der Waals surface area contributed by atoms with E-state index in [2.05, 4.69) is 39.2 Å². The van der Waals surface area contributed by atoms with Crippen molar-refractivity contribution in [3.05, 3.63) is 12.2 Å². The molecule has 4 saturated carbocycles. The Kier molecular flexibility index (Phi) is 3.63. The number of fused-ring (bicyclic) bond motifs is 7. The van der Waals surface area contributed by atoms with Gasteiger partial charge in [0.2, 0.25) is 0 Å². The highest BCUT2D eigenvalue weighted by molar-refractivity contribution is 7.98. The first-order chi connectivity index (χ1) is 11.9. The van der Waals surface area contributed by atoms with Crippen LogP contribution in [0, 0.1) is 46.3 Å². The van der Waals surface area contributed by atoms with E-state index >= 15 is 0 Å². The number of ether oxygens (including phenoxy) is 1. The van der Waals surface area contributed by atoms with Gasteiger partial charge in [0.15, 0.2) is 5.78 Å². The van der Waals surface area contributed by atoms with Gasteiger partial charge in [0.1, 0.15) is 6.10 Å². The number of carbonyl (C=O) groups excluding carboxylic acids is 1. The van der Waals surface area contributed by atoms with Crippen LogP contribution in [0.15, 0.2) is 12.2 Å². The average Bonchev–Trinajstić information content (AvgIpc) is 3.33. The molecule has 0 radical (unpaired) electrons. The van der Waals surface area contributed by atoms with Crippen molar-refractivity contribution in [1.29, 1.82) is 0 Å². The lowest BCUT2D eigenvalue weighted by atomic mass is 9.69. The highest BCUT2D eigenvalue weighted by Crippen LogP contribution is 2.68. The maximum Gasteiger partial charge on any atom is 0.165 e. The van der Waals surface area contributed by atoms with Gasteiger partial charge in [-0.15, -0.1) is 0 Å². The summed E-state index contributed by atoms with van der Waals surface area (Å²) in [4.78, 5) is 13.2. The van der Waals surface area contributed by atoms with Crippen LogP contribution < -0.4 is 0 Å². The molecule has 3 heteroatoms. The van der Waals surface area contributed by atoms with E-state index in [-0.39, 0.29) is 23.5 Å².